The van der Waals surface area contributed by atoms with Gasteiger partial charge in [0.25, 0.3) is 5.95 Å². The number of hydrogen-bond acceptors (Lipinski definition) is 4. The molecule has 82 valence electrons. The van der Waals surface area contributed by atoms with Crippen molar-refractivity contribution in [2.24, 2.45) is 0 Å². The third-order valence-electron chi connectivity index (χ3n) is 1.13. The van der Waals surface area contributed by atoms with E-state index in [0.717, 1.165) is 5.57 Å². The maximum Gasteiger partial charge on any atom is 0.264 e. The molecule has 0 aliphatic rings. The van der Waals surface area contributed by atoms with Crippen molar-refractivity contribution in [3.8, 4) is 0 Å². The molecule has 5 heteroatoms. The van der Waals surface area contributed by atoms with Crippen molar-refractivity contribution < 1.29 is 19.1 Å². The number of carbonyl (C=O) groups excluding carboxylic acids is 1. The number of carbonyl (C=O) groups is 1. The highest BCUT2D eigenvalue weighted by atomic mass is 28.4. The molecule has 0 bridgehead atoms. The molecule has 0 aliphatic heterocycles. The maximum atomic E-state index is 10.2. The lowest BCUT2D eigenvalue weighted by Gasteiger charge is -2.23. The Bertz CT molecular complexity index is 236. The number of allylic oxidation sites excluding steroid dienone is 1. The summed E-state index contributed by atoms with van der Waals surface area (Å²) in [5, 5.41) is 10.2. The van der Waals surface area contributed by atoms with Crippen LogP contribution < -0.4 is 5.11 Å². The molecular weight excluding hydrogens is 200 g/mol. The Kier molecular flexibility index (Phi) is 4.69. The molecule has 4 nitrogen and oxygen atoms in total. The van der Waals surface area contributed by atoms with Crippen LogP contribution in [0.1, 0.15) is 13.8 Å². The predicted octanol–water partition coefficient (Wildman–Crippen LogP) is 0.856. The van der Waals surface area contributed by atoms with Gasteiger partial charge in [0.05, 0.1) is 5.97 Å². The number of ether oxygens (including phenoxy) is 1. The predicted molar refractivity (Wildman–Crippen MR) is 53.8 cm³/mol. The summed E-state index contributed by atoms with van der Waals surface area (Å²) in [6.45, 7) is 9.15. The van der Waals surface area contributed by atoms with E-state index in [1.54, 1.807) is 0 Å². The maximum absolute atomic E-state index is 10.2. The minimum absolute atomic E-state index is 0.313. The van der Waals surface area contributed by atoms with E-state index >= 15 is 0 Å². The fourth-order valence-corrected chi connectivity index (χ4v) is 1.50. The van der Waals surface area contributed by atoms with Gasteiger partial charge >= 0.3 is 0 Å². The van der Waals surface area contributed by atoms with E-state index in [-0.39, 0.29) is 0 Å². The van der Waals surface area contributed by atoms with Crippen molar-refractivity contribution in [3.05, 3.63) is 11.5 Å². The number of aliphatic carboxylic acids is 1. The molecular formula is C9H17O4Si-. The summed E-state index contributed by atoms with van der Waals surface area (Å²) in [5.41, 5.74) is 0.827. The Morgan fingerprint density at radius 1 is 1.29 bits per heavy atom. The molecule has 0 atom stereocenters. The van der Waals surface area contributed by atoms with Gasteiger partial charge in [0.2, 0.25) is 8.32 Å². The van der Waals surface area contributed by atoms with Crippen LogP contribution in [0.25, 0.3) is 0 Å². The Labute approximate surface area is 85.7 Å². The van der Waals surface area contributed by atoms with Crippen molar-refractivity contribution in [1.82, 2.24) is 0 Å². The first kappa shape index (κ1) is 13.0. The Morgan fingerprint density at radius 2 is 1.79 bits per heavy atom. The van der Waals surface area contributed by atoms with E-state index in [2.05, 4.69) is 0 Å². The molecule has 0 N–H and O–H groups in total. The molecule has 0 aliphatic carbocycles. The van der Waals surface area contributed by atoms with Crippen LogP contribution in [0.15, 0.2) is 11.5 Å². The van der Waals surface area contributed by atoms with E-state index in [1.165, 1.54) is 0 Å². The van der Waals surface area contributed by atoms with Crippen molar-refractivity contribution in [2.45, 2.75) is 33.5 Å². The normalized spacial score (nSPS) is 10.6. The van der Waals surface area contributed by atoms with E-state index < -0.39 is 20.9 Å². The zero-order chi connectivity index (χ0) is 11.4. The van der Waals surface area contributed by atoms with Crippen LogP contribution in [0.2, 0.25) is 19.6 Å². The quantitative estimate of drug-likeness (QED) is 0.506. The van der Waals surface area contributed by atoms with Gasteiger partial charge in [-0.05, 0) is 33.5 Å². The van der Waals surface area contributed by atoms with Gasteiger partial charge in [-0.1, -0.05) is 0 Å². The lowest BCUT2D eigenvalue weighted by Crippen LogP contribution is -2.30. The second kappa shape index (κ2) is 5.04. The fourth-order valence-electron chi connectivity index (χ4n) is 0.678. The molecule has 0 rings (SSSR count). The second-order valence-corrected chi connectivity index (χ2v) is 8.59. The zero-order valence-electron chi connectivity index (χ0n) is 9.34. The molecule has 0 fully saturated rings. The molecule has 0 unspecified atom stereocenters. The van der Waals surface area contributed by atoms with Crippen molar-refractivity contribution in [3.63, 3.8) is 0 Å². The van der Waals surface area contributed by atoms with E-state index in [9.17, 15) is 9.90 Å². The minimum Gasteiger partial charge on any atom is -0.546 e. The van der Waals surface area contributed by atoms with Gasteiger partial charge in [0.1, 0.15) is 6.61 Å². The summed E-state index contributed by atoms with van der Waals surface area (Å²) in [7, 11) is -1.75. The van der Waals surface area contributed by atoms with Crippen LogP contribution in [-0.2, 0) is 14.0 Å². The summed E-state index contributed by atoms with van der Waals surface area (Å²) in [6, 6.07) is 0. The van der Waals surface area contributed by atoms with Crippen LogP contribution in [0.4, 0.5) is 0 Å². The van der Waals surface area contributed by atoms with E-state index in [0.29, 0.717) is 5.95 Å². The van der Waals surface area contributed by atoms with Crippen molar-refractivity contribution in [2.75, 3.05) is 6.61 Å². The van der Waals surface area contributed by atoms with E-state index in [4.69, 9.17) is 9.16 Å². The molecule has 0 aromatic rings. The highest BCUT2D eigenvalue weighted by molar-refractivity contribution is 6.70. The third-order valence-corrected chi connectivity index (χ3v) is 1.93. The van der Waals surface area contributed by atoms with Crippen LogP contribution in [0, 0.1) is 0 Å². The summed E-state index contributed by atoms with van der Waals surface area (Å²) in [5.74, 6) is -0.934. The lowest BCUT2D eigenvalue weighted by atomic mass is 10.4. The topological polar surface area (TPSA) is 58.6 Å². The smallest absolute Gasteiger partial charge is 0.264 e. The van der Waals surface area contributed by atoms with Crippen LogP contribution >= 0.6 is 0 Å². The van der Waals surface area contributed by atoms with Crippen LogP contribution in [0.3, 0.4) is 0 Å². The average molecular weight is 217 g/mol. The number of hydrogen-bond donors (Lipinski definition) is 0. The van der Waals surface area contributed by atoms with Crippen molar-refractivity contribution >= 4 is 14.3 Å². The number of carboxylic acids is 1. The summed E-state index contributed by atoms with van der Waals surface area (Å²) < 4.78 is 10.5. The summed E-state index contributed by atoms with van der Waals surface area (Å²) in [6.07, 6.45) is 0. The lowest BCUT2D eigenvalue weighted by molar-refractivity contribution is -0.309. The highest BCUT2D eigenvalue weighted by Gasteiger charge is 2.19. The second-order valence-electron chi connectivity index (χ2n) is 4.16. The van der Waals surface area contributed by atoms with Gasteiger partial charge in [-0.15, -0.1) is 0 Å². The average Bonchev–Trinajstić information content (AvgIpc) is 1.94. The van der Waals surface area contributed by atoms with Gasteiger partial charge in [-0.3, -0.25) is 0 Å². The zero-order valence-corrected chi connectivity index (χ0v) is 10.3. The minimum atomic E-state index is -1.75. The third kappa shape index (κ3) is 6.53. The Hall–Kier alpha value is -0.973. The summed E-state index contributed by atoms with van der Waals surface area (Å²) in [4.78, 5) is 10.2. The molecule has 0 radical (unpaired) electrons. The van der Waals surface area contributed by atoms with Crippen LogP contribution in [-0.4, -0.2) is 20.9 Å². The van der Waals surface area contributed by atoms with E-state index in [1.807, 2.05) is 33.5 Å². The van der Waals surface area contributed by atoms with Gasteiger partial charge in [-0.25, -0.2) is 0 Å². The standard InChI is InChI=1S/C9H18O4Si/c1-7(2)9(12-6-8(10)11)13-14(3,4)5/h6H2,1-5H3,(H,10,11)/p-1. The molecule has 14 heavy (non-hydrogen) atoms. The van der Waals surface area contributed by atoms with Crippen LogP contribution in [0.5, 0.6) is 0 Å². The number of carboxylic acid groups (broad SMARTS) is 1. The molecule has 0 heterocycles. The van der Waals surface area contributed by atoms with Crippen molar-refractivity contribution in [1.29, 1.82) is 0 Å². The number of rotatable bonds is 5. The monoisotopic (exact) mass is 217 g/mol. The van der Waals surface area contributed by atoms with Gasteiger partial charge in [0, 0.05) is 5.57 Å². The first-order valence-electron chi connectivity index (χ1n) is 4.41. The first-order valence-corrected chi connectivity index (χ1v) is 7.82. The Morgan fingerprint density at radius 3 is 2.07 bits per heavy atom. The molecule has 0 saturated carbocycles. The fraction of sp³-hybridized carbons (Fsp3) is 0.667. The SMILES string of the molecule is CC(C)=C(OCC(=O)[O-])O[Si](C)(C)C. The molecule has 0 aromatic carbocycles. The molecule has 0 saturated heterocycles. The molecule has 0 spiro atoms. The first-order chi connectivity index (χ1) is 6.22. The highest BCUT2D eigenvalue weighted by Crippen LogP contribution is 2.14. The molecule has 0 aromatic heterocycles. The summed E-state index contributed by atoms with van der Waals surface area (Å²) >= 11 is 0. The van der Waals surface area contributed by atoms with Gasteiger partial charge < -0.3 is 19.1 Å². The molecule has 0 amide bonds. The van der Waals surface area contributed by atoms with Gasteiger partial charge in [-0.2, -0.15) is 0 Å². The largest absolute Gasteiger partial charge is 0.546 e. The Balaban J connectivity index is 4.35. The van der Waals surface area contributed by atoms with Gasteiger partial charge in [0.15, 0.2) is 0 Å².